The van der Waals surface area contributed by atoms with Gasteiger partial charge < -0.3 is 23.9 Å². The number of hydrogen-bond donors (Lipinski definition) is 3. The summed E-state index contributed by atoms with van der Waals surface area (Å²) >= 11 is -2.17. The molecule has 1 aromatic heterocycles. The van der Waals surface area contributed by atoms with Crippen LogP contribution in [0.1, 0.15) is 142 Å². The molecule has 0 aliphatic carbocycles. The van der Waals surface area contributed by atoms with Crippen molar-refractivity contribution in [1.82, 2.24) is 4.98 Å². The average Bonchev–Trinajstić information content (AvgIpc) is 3.10. The summed E-state index contributed by atoms with van der Waals surface area (Å²) < 4.78 is 69.9. The van der Waals surface area contributed by atoms with Crippen LogP contribution in [0.3, 0.4) is 0 Å². The number of esters is 2. The lowest BCUT2D eigenvalue weighted by Gasteiger charge is -2.39. The molecule has 3 aromatic rings. The monoisotopic (exact) mass is 870 g/mol. The first kappa shape index (κ1) is 48.8. The van der Waals surface area contributed by atoms with Crippen molar-refractivity contribution in [1.29, 1.82) is 0 Å². The van der Waals surface area contributed by atoms with E-state index in [1.165, 1.54) is 0 Å². The number of carbonyl (C=O) groups excluding carboxylic acids is 2. The number of aliphatic hydroxyl groups excluding tert-OH is 2. The van der Waals surface area contributed by atoms with Gasteiger partial charge in [-0.15, -0.1) is 0 Å². The molecule has 14 heteroatoms. The van der Waals surface area contributed by atoms with Crippen molar-refractivity contribution in [2.45, 2.75) is 144 Å². The third kappa shape index (κ3) is 12.6. The van der Waals surface area contributed by atoms with E-state index in [1.54, 1.807) is 31.2 Å². The van der Waals surface area contributed by atoms with Gasteiger partial charge >= 0.3 is 29.4 Å². The Morgan fingerprint density at radius 2 is 1.26 bits per heavy atom. The largest absolute Gasteiger partial charge is 0.512 e. The normalized spacial score (nSPS) is 21.4. The summed E-state index contributed by atoms with van der Waals surface area (Å²) in [6, 6.07) is 16.7. The number of nitrogens with zero attached hydrogens (tertiary/aromatic N) is 1. The molecule has 0 saturated carbocycles. The van der Waals surface area contributed by atoms with Gasteiger partial charge in [-0.05, 0) is 73.8 Å². The molecule has 334 valence electrons. The number of halogens is 3. The fraction of sp³-hybridized carbons (Fsp3) is 0.511. The highest BCUT2D eigenvalue weighted by molar-refractivity contribution is 7.81. The summed E-state index contributed by atoms with van der Waals surface area (Å²) in [5, 5.41) is 21.7. The maximum Gasteiger partial charge on any atom is 0.417 e. The Morgan fingerprint density at radius 1 is 0.787 bits per heavy atom. The van der Waals surface area contributed by atoms with Crippen LogP contribution in [0.15, 0.2) is 89.5 Å². The number of pyridine rings is 1. The molecule has 0 spiro atoms. The van der Waals surface area contributed by atoms with Gasteiger partial charge in [-0.1, -0.05) is 110 Å². The Kier molecular flexibility index (Phi) is 15.2. The minimum Gasteiger partial charge on any atom is -0.512 e. The number of rotatable bonds is 12. The molecule has 0 fully saturated rings. The van der Waals surface area contributed by atoms with Gasteiger partial charge in [0.2, 0.25) is 5.88 Å². The Labute approximate surface area is 360 Å². The zero-order valence-corrected chi connectivity index (χ0v) is 37.9. The van der Waals surface area contributed by atoms with E-state index in [1.807, 2.05) is 59.7 Å². The molecule has 61 heavy (non-hydrogen) atoms. The number of aryl methyl sites for hydroxylation is 1. The van der Waals surface area contributed by atoms with Crippen LogP contribution in [0.4, 0.5) is 18.9 Å². The number of aromatic nitrogens is 1. The summed E-state index contributed by atoms with van der Waals surface area (Å²) in [4.78, 5) is 29.5. The molecule has 3 unspecified atom stereocenters. The van der Waals surface area contributed by atoms with Gasteiger partial charge in [0, 0.05) is 42.6 Å². The van der Waals surface area contributed by atoms with Gasteiger partial charge in [-0.25, -0.2) is 14.6 Å². The summed E-state index contributed by atoms with van der Waals surface area (Å²) in [6.45, 7) is 21.9. The Morgan fingerprint density at radius 3 is 1.66 bits per heavy atom. The van der Waals surface area contributed by atoms with Crippen LogP contribution in [-0.2, 0) is 36.5 Å². The van der Waals surface area contributed by atoms with Gasteiger partial charge in [-0.3, -0.25) is 4.72 Å². The molecule has 3 heterocycles. The number of alkyl halides is 3. The number of carbonyl (C=O) groups is 2. The molecule has 2 aliphatic heterocycles. The molecule has 2 aliphatic rings. The van der Waals surface area contributed by atoms with Crippen LogP contribution >= 0.6 is 0 Å². The maximum atomic E-state index is 13.1. The summed E-state index contributed by atoms with van der Waals surface area (Å²) in [5.74, 6) is -1.77. The fourth-order valence-electron chi connectivity index (χ4n) is 8.29. The van der Waals surface area contributed by atoms with Crippen LogP contribution < -0.4 is 8.91 Å². The number of hydrogen-bond acceptors (Lipinski definition) is 9. The van der Waals surface area contributed by atoms with Crippen molar-refractivity contribution in [3.8, 4) is 5.88 Å². The molecule has 0 radical (unpaired) electrons. The zero-order chi connectivity index (χ0) is 45.7. The van der Waals surface area contributed by atoms with Crippen LogP contribution in [-0.4, -0.2) is 42.5 Å². The third-order valence-corrected chi connectivity index (χ3v) is 11.4. The predicted octanol–water partition coefficient (Wildman–Crippen LogP) is 12.1. The second kappa shape index (κ2) is 19.0. The van der Waals surface area contributed by atoms with Crippen LogP contribution in [0.5, 0.6) is 5.88 Å². The van der Waals surface area contributed by atoms with E-state index in [9.17, 15) is 37.2 Å². The summed E-state index contributed by atoms with van der Waals surface area (Å²) in [5.41, 5.74) is 0.784. The minimum atomic E-state index is -4.55. The van der Waals surface area contributed by atoms with Crippen molar-refractivity contribution >= 4 is 28.9 Å². The lowest BCUT2D eigenvalue weighted by Crippen LogP contribution is -2.40. The summed E-state index contributed by atoms with van der Waals surface area (Å²) in [6.07, 6.45) is -0.274. The van der Waals surface area contributed by atoms with Gasteiger partial charge in [0.15, 0.2) is 0 Å². The molecule has 0 amide bonds. The van der Waals surface area contributed by atoms with Gasteiger partial charge in [0.1, 0.15) is 22.7 Å². The Balaban J connectivity index is 0.000000294. The highest BCUT2D eigenvalue weighted by atomic mass is 32.2. The molecular formula is C47H61F3N2O8S. The second-order valence-electron chi connectivity index (χ2n) is 18.7. The van der Waals surface area contributed by atoms with E-state index in [0.29, 0.717) is 35.9 Å². The number of anilines is 1. The SMILES string of the molecule is CCCC1(C)CC(O)=C([C@@H](c2cccc(C)c2)C(C)(C)C)C(=O)O1.CCCC1(C)CC(O)=C([C@@H](c2cccc(NS(=O)Oc3ccc(C(F)(F)F)cn3)c2)C(C)(C)C)C(=O)O1. The van der Waals surface area contributed by atoms with Gasteiger partial charge in [0.25, 0.3) is 0 Å². The van der Waals surface area contributed by atoms with Crippen LogP contribution in [0.2, 0.25) is 0 Å². The molecule has 0 saturated heterocycles. The van der Waals surface area contributed by atoms with E-state index in [2.05, 4.69) is 43.5 Å². The number of aliphatic hydroxyl groups is 2. The van der Waals surface area contributed by atoms with Crippen molar-refractivity contribution in [3.63, 3.8) is 0 Å². The first-order valence-electron chi connectivity index (χ1n) is 20.6. The Hall–Kier alpha value is -4.85. The topological polar surface area (TPSA) is 144 Å². The lowest BCUT2D eigenvalue weighted by molar-refractivity contribution is -0.159. The number of ether oxygens (including phenoxy) is 2. The quantitative estimate of drug-likeness (QED) is 0.151. The van der Waals surface area contributed by atoms with Crippen molar-refractivity contribution in [2.75, 3.05) is 4.72 Å². The molecule has 5 atom stereocenters. The summed E-state index contributed by atoms with van der Waals surface area (Å²) in [7, 11) is 0. The molecule has 2 aromatic carbocycles. The fourth-order valence-corrected chi connectivity index (χ4v) is 8.91. The Bertz CT molecular complexity index is 2140. The lowest BCUT2D eigenvalue weighted by atomic mass is 9.70. The van der Waals surface area contributed by atoms with Crippen molar-refractivity contribution in [3.05, 3.63) is 112 Å². The van der Waals surface area contributed by atoms with Crippen LogP contribution in [0.25, 0.3) is 0 Å². The third-order valence-electron chi connectivity index (χ3n) is 10.7. The molecular weight excluding hydrogens is 810 g/mol. The van der Waals surface area contributed by atoms with E-state index in [4.69, 9.17) is 13.7 Å². The van der Waals surface area contributed by atoms with Crippen molar-refractivity contribution < 1.29 is 50.8 Å². The molecule has 0 bridgehead atoms. The number of cyclic esters (lactones) is 2. The molecule has 10 nitrogen and oxygen atoms in total. The highest BCUT2D eigenvalue weighted by Gasteiger charge is 2.45. The van der Waals surface area contributed by atoms with Gasteiger partial charge in [0.05, 0.1) is 16.7 Å². The maximum absolute atomic E-state index is 13.1. The van der Waals surface area contributed by atoms with E-state index < -0.39 is 51.5 Å². The zero-order valence-electron chi connectivity index (χ0n) is 37.1. The minimum absolute atomic E-state index is 0.00854. The smallest absolute Gasteiger partial charge is 0.417 e. The first-order chi connectivity index (χ1) is 28.2. The number of benzene rings is 2. The van der Waals surface area contributed by atoms with Crippen LogP contribution in [0, 0.1) is 17.8 Å². The first-order valence-corrected chi connectivity index (χ1v) is 21.6. The number of nitrogens with one attached hydrogen (secondary N) is 1. The second-order valence-corrected chi connectivity index (χ2v) is 19.5. The van der Waals surface area contributed by atoms with E-state index >= 15 is 0 Å². The average molecular weight is 871 g/mol. The van der Waals surface area contributed by atoms with E-state index in [-0.39, 0.29) is 46.7 Å². The highest BCUT2D eigenvalue weighted by Crippen LogP contribution is 2.48. The standard InChI is InChI=1S/C26H31F3N2O5S.C21H30O3/c1-6-12-25(5)14-19(32)21(23(33)35-25)22(24(2,3)4)16-8-7-9-18(13-16)31-37(34)36-20-11-10-17(15-30-20)26(27,28)29;1-7-11-21(6)13-16(22)17(19(23)24-21)18(20(3,4)5)15-10-8-9-14(2)12-15/h7-11,13,15,22,31-32H,6,12,14H2,1-5H3;8-10,12,18,22H,7,11,13H2,1-6H3/t22-,25?,37?;18-,21?/m11/s1. The van der Waals surface area contributed by atoms with Gasteiger partial charge in [-0.2, -0.15) is 17.4 Å². The van der Waals surface area contributed by atoms with Crippen molar-refractivity contribution in [2.24, 2.45) is 10.8 Å². The molecule has 3 N–H and O–H groups in total. The predicted molar refractivity (Wildman–Crippen MR) is 231 cm³/mol. The molecule has 5 rings (SSSR count). The van der Waals surface area contributed by atoms with E-state index in [0.717, 1.165) is 42.5 Å².